The van der Waals surface area contributed by atoms with Crippen molar-refractivity contribution in [3.05, 3.63) is 112 Å². The van der Waals surface area contributed by atoms with Gasteiger partial charge in [-0.1, -0.05) is 60.7 Å². The topological polar surface area (TPSA) is 90.7 Å². The summed E-state index contributed by atoms with van der Waals surface area (Å²) in [5, 5.41) is 14.5. The lowest BCUT2D eigenvalue weighted by Gasteiger charge is -2.24. The van der Waals surface area contributed by atoms with E-state index < -0.39 is 12.2 Å². The molecule has 0 radical (unpaired) electrons. The van der Waals surface area contributed by atoms with Crippen LogP contribution in [0.5, 0.6) is 5.75 Å². The predicted molar refractivity (Wildman–Crippen MR) is 121 cm³/mol. The summed E-state index contributed by atoms with van der Waals surface area (Å²) in [7, 11) is -1.99. The van der Waals surface area contributed by atoms with E-state index in [1.165, 1.54) is 30.9 Å². The molecule has 0 aromatic heterocycles. The average Bonchev–Trinajstić information content (AvgIpc) is 2.80. The average molecular weight is 434 g/mol. The van der Waals surface area contributed by atoms with Crippen LogP contribution in [0.4, 0.5) is 11.4 Å². The van der Waals surface area contributed by atoms with Gasteiger partial charge in [0.2, 0.25) is 7.29 Å². The van der Waals surface area contributed by atoms with Crippen molar-refractivity contribution in [2.75, 3.05) is 12.2 Å². The monoisotopic (exact) mass is 434 g/mol. The molecule has 8 heteroatoms. The first kappa shape index (κ1) is 20.4. The molecule has 1 N–H and O–H groups in total. The highest BCUT2D eigenvalue weighted by atomic mass is 31.2. The number of nitro groups is 1. The van der Waals surface area contributed by atoms with E-state index in [0.29, 0.717) is 17.3 Å². The maximum atomic E-state index is 13.9. The van der Waals surface area contributed by atoms with Gasteiger partial charge in [0.05, 0.1) is 18.1 Å². The first-order valence-corrected chi connectivity index (χ1v) is 11.3. The molecular formula is C23H19N2O5P. The number of methoxy groups -OCH3 is 1. The lowest BCUT2D eigenvalue weighted by molar-refractivity contribution is -0.384. The molecule has 0 saturated heterocycles. The van der Waals surface area contributed by atoms with Crippen LogP contribution in [0.2, 0.25) is 0 Å². The van der Waals surface area contributed by atoms with E-state index in [2.05, 4.69) is 5.09 Å². The summed E-state index contributed by atoms with van der Waals surface area (Å²) < 4.78 is 25.0. The number of nitrogens with zero attached hydrogens (tertiary/aromatic N) is 1. The van der Waals surface area contributed by atoms with E-state index in [1.54, 1.807) is 6.07 Å². The SMILES string of the molecule is COc1ccc(NP2(=O)C=C(c3ccccc3)OC(c3ccccc3)=C2)c([N+](=O)[O-])c1. The van der Waals surface area contributed by atoms with E-state index in [9.17, 15) is 14.7 Å². The summed E-state index contributed by atoms with van der Waals surface area (Å²) >= 11 is 0. The summed E-state index contributed by atoms with van der Waals surface area (Å²) in [6.07, 6.45) is 0. The third-order valence-electron chi connectivity index (χ3n) is 4.65. The van der Waals surface area contributed by atoms with Gasteiger partial charge in [0.25, 0.3) is 5.69 Å². The van der Waals surface area contributed by atoms with E-state index in [-0.39, 0.29) is 11.4 Å². The highest BCUT2D eigenvalue weighted by molar-refractivity contribution is 7.72. The fourth-order valence-electron chi connectivity index (χ4n) is 3.17. The van der Waals surface area contributed by atoms with Crippen molar-refractivity contribution >= 4 is 30.2 Å². The van der Waals surface area contributed by atoms with Gasteiger partial charge in [0.15, 0.2) is 0 Å². The second kappa shape index (κ2) is 8.50. The predicted octanol–water partition coefficient (Wildman–Crippen LogP) is 6.32. The van der Waals surface area contributed by atoms with Crippen molar-refractivity contribution in [1.29, 1.82) is 0 Å². The Kier molecular flexibility index (Phi) is 5.60. The van der Waals surface area contributed by atoms with Gasteiger partial charge in [-0.25, -0.2) is 0 Å². The number of hydrogen-bond acceptors (Lipinski definition) is 5. The Morgan fingerprint density at radius 2 is 1.45 bits per heavy atom. The third-order valence-corrected chi connectivity index (χ3v) is 6.48. The van der Waals surface area contributed by atoms with Crippen LogP contribution in [0.15, 0.2) is 90.5 Å². The van der Waals surface area contributed by atoms with Crippen LogP contribution in [-0.2, 0) is 9.30 Å². The molecule has 0 amide bonds. The van der Waals surface area contributed by atoms with Crippen molar-refractivity contribution in [3.63, 3.8) is 0 Å². The lowest BCUT2D eigenvalue weighted by Crippen LogP contribution is -2.04. The molecule has 0 bridgehead atoms. The van der Waals surface area contributed by atoms with Crippen molar-refractivity contribution in [1.82, 2.24) is 0 Å². The quantitative estimate of drug-likeness (QED) is 0.277. The molecule has 1 aliphatic heterocycles. The number of rotatable bonds is 6. The molecule has 0 saturated carbocycles. The number of benzene rings is 3. The summed E-state index contributed by atoms with van der Waals surface area (Å²) in [4.78, 5) is 11.0. The summed E-state index contributed by atoms with van der Waals surface area (Å²) in [5.41, 5.74) is 1.39. The zero-order valence-electron chi connectivity index (χ0n) is 16.6. The van der Waals surface area contributed by atoms with Crippen molar-refractivity contribution in [2.24, 2.45) is 0 Å². The molecule has 0 aliphatic carbocycles. The summed E-state index contributed by atoms with van der Waals surface area (Å²) in [6, 6.07) is 22.9. The number of hydrogen-bond donors (Lipinski definition) is 1. The largest absolute Gasteiger partial charge is 0.496 e. The van der Waals surface area contributed by atoms with E-state index in [1.807, 2.05) is 60.7 Å². The van der Waals surface area contributed by atoms with Crippen LogP contribution in [0.1, 0.15) is 11.1 Å². The smallest absolute Gasteiger partial charge is 0.296 e. The van der Waals surface area contributed by atoms with Gasteiger partial charge < -0.3 is 14.6 Å². The molecule has 3 aromatic carbocycles. The minimum atomic E-state index is -3.41. The van der Waals surface area contributed by atoms with Crippen LogP contribution in [0.25, 0.3) is 11.5 Å². The Labute approximate surface area is 179 Å². The van der Waals surface area contributed by atoms with Crippen LogP contribution in [-0.4, -0.2) is 12.0 Å². The fourth-order valence-corrected chi connectivity index (χ4v) is 5.03. The number of anilines is 1. The molecule has 1 aliphatic rings. The molecular weight excluding hydrogens is 415 g/mol. The van der Waals surface area contributed by atoms with E-state index >= 15 is 0 Å². The van der Waals surface area contributed by atoms with Crippen molar-refractivity contribution in [2.45, 2.75) is 0 Å². The third kappa shape index (κ3) is 4.52. The zero-order valence-corrected chi connectivity index (χ0v) is 17.5. The molecule has 4 rings (SSSR count). The van der Waals surface area contributed by atoms with E-state index in [4.69, 9.17) is 9.47 Å². The second-order valence-electron chi connectivity index (χ2n) is 6.78. The molecule has 0 fully saturated rings. The first-order valence-electron chi connectivity index (χ1n) is 9.42. The minimum absolute atomic E-state index is 0.128. The first-order chi connectivity index (χ1) is 15.0. The molecule has 0 unspecified atom stereocenters. The summed E-state index contributed by atoms with van der Waals surface area (Å²) in [6.45, 7) is 0. The molecule has 0 atom stereocenters. The van der Waals surface area contributed by atoms with Crippen LogP contribution in [0.3, 0.4) is 0 Å². The van der Waals surface area contributed by atoms with Gasteiger partial charge in [-0.05, 0) is 12.1 Å². The fraction of sp³-hybridized carbons (Fsp3) is 0.0435. The molecule has 31 heavy (non-hydrogen) atoms. The number of nitro benzene ring substituents is 1. The molecule has 3 aromatic rings. The van der Waals surface area contributed by atoms with E-state index in [0.717, 1.165) is 11.1 Å². The minimum Gasteiger partial charge on any atom is -0.496 e. The Morgan fingerprint density at radius 1 is 0.903 bits per heavy atom. The standard InChI is InChI=1S/C23H19N2O5P/c1-29-19-12-13-20(21(14-19)25(26)27)24-31(28)15-22(17-8-4-2-5-9-17)30-23(16-31)18-10-6-3-7-11-18/h2-16H,1H3,(H,24,28). The van der Waals surface area contributed by atoms with Gasteiger partial charge in [-0.3, -0.25) is 14.7 Å². The highest BCUT2D eigenvalue weighted by Crippen LogP contribution is 2.57. The Hall–Kier alpha value is -3.83. The van der Waals surface area contributed by atoms with Crippen LogP contribution >= 0.6 is 7.29 Å². The van der Waals surface area contributed by atoms with Gasteiger partial charge >= 0.3 is 0 Å². The van der Waals surface area contributed by atoms with Crippen LogP contribution in [0, 0.1) is 10.1 Å². The molecule has 7 nitrogen and oxygen atoms in total. The Bertz CT molecular complexity index is 1160. The van der Waals surface area contributed by atoms with Crippen molar-refractivity contribution in [3.8, 4) is 5.75 Å². The highest BCUT2D eigenvalue weighted by Gasteiger charge is 2.29. The second-order valence-corrected chi connectivity index (χ2v) is 8.94. The van der Waals surface area contributed by atoms with Gasteiger partial charge in [-0.15, -0.1) is 0 Å². The molecule has 0 spiro atoms. The normalized spacial score (nSPS) is 14.6. The number of nitrogens with one attached hydrogen (secondary N) is 1. The molecule has 1 heterocycles. The van der Waals surface area contributed by atoms with Crippen molar-refractivity contribution < 1.29 is 19.0 Å². The number of ether oxygens (including phenoxy) is 2. The maximum absolute atomic E-state index is 13.9. The maximum Gasteiger partial charge on any atom is 0.296 e. The Morgan fingerprint density at radius 3 is 1.94 bits per heavy atom. The van der Waals surface area contributed by atoms with Gasteiger partial charge in [0, 0.05) is 22.8 Å². The Balaban J connectivity index is 1.80. The lowest BCUT2D eigenvalue weighted by atomic mass is 10.2. The van der Waals surface area contributed by atoms with Gasteiger partial charge in [0.1, 0.15) is 23.0 Å². The molecule has 156 valence electrons. The van der Waals surface area contributed by atoms with Gasteiger partial charge in [-0.2, -0.15) is 0 Å². The summed E-state index contributed by atoms with van der Waals surface area (Å²) in [5.74, 6) is 4.14. The zero-order chi connectivity index (χ0) is 21.8. The van der Waals surface area contributed by atoms with Crippen LogP contribution < -0.4 is 9.82 Å².